The van der Waals surface area contributed by atoms with E-state index >= 15 is 0 Å². The lowest BCUT2D eigenvalue weighted by molar-refractivity contribution is 1.07. The summed E-state index contributed by atoms with van der Waals surface area (Å²) in [6, 6.07) is 55.5. The van der Waals surface area contributed by atoms with E-state index in [0.717, 1.165) is 33.4 Å². The van der Waals surface area contributed by atoms with E-state index in [1.165, 1.54) is 49.4 Å². The summed E-state index contributed by atoms with van der Waals surface area (Å²) in [5, 5.41) is 4.97. The summed E-state index contributed by atoms with van der Waals surface area (Å²) in [5.41, 5.74) is 12.2. The van der Waals surface area contributed by atoms with Crippen molar-refractivity contribution in [2.24, 2.45) is 0 Å². The number of nitrogens with zero attached hydrogens (tertiary/aromatic N) is 4. The summed E-state index contributed by atoms with van der Waals surface area (Å²) in [4.78, 5) is 19.7. The van der Waals surface area contributed by atoms with Crippen molar-refractivity contribution in [1.29, 1.82) is 0 Å². The fourth-order valence-corrected chi connectivity index (χ4v) is 7.45. The van der Waals surface area contributed by atoms with Crippen LogP contribution in [0.2, 0.25) is 0 Å². The van der Waals surface area contributed by atoms with Crippen LogP contribution in [0.4, 0.5) is 0 Å². The maximum absolute atomic E-state index is 5.13. The molecule has 2 aromatic heterocycles. The molecule has 1 aliphatic carbocycles. The van der Waals surface area contributed by atoms with Gasteiger partial charge >= 0.3 is 0 Å². The van der Waals surface area contributed by atoms with Gasteiger partial charge < -0.3 is 0 Å². The van der Waals surface area contributed by atoms with Gasteiger partial charge in [0.2, 0.25) is 0 Å². The first-order valence-electron chi connectivity index (χ1n) is 16.8. The predicted molar refractivity (Wildman–Crippen MR) is 204 cm³/mol. The normalized spacial score (nSPS) is 11.6. The van der Waals surface area contributed by atoms with E-state index in [9.17, 15) is 0 Å². The molecule has 0 saturated heterocycles. The molecular weight excluding hydrogens is 609 g/mol. The van der Waals surface area contributed by atoms with E-state index in [1.807, 2.05) is 79.1 Å². The van der Waals surface area contributed by atoms with Crippen molar-refractivity contribution in [2.75, 3.05) is 0 Å². The van der Waals surface area contributed by atoms with Gasteiger partial charge in [-0.1, -0.05) is 127 Å². The van der Waals surface area contributed by atoms with E-state index in [0.29, 0.717) is 17.5 Å². The smallest absolute Gasteiger partial charge is 0.164 e. The third kappa shape index (κ3) is 4.61. The highest BCUT2D eigenvalue weighted by Crippen LogP contribution is 2.53. The summed E-state index contributed by atoms with van der Waals surface area (Å²) in [6.45, 7) is 0. The summed E-state index contributed by atoms with van der Waals surface area (Å²) in [6.07, 6.45) is 3.74. The molecular formula is C46H28N4. The van der Waals surface area contributed by atoms with Crippen LogP contribution in [0.15, 0.2) is 170 Å². The molecule has 0 amide bonds. The molecule has 7 aromatic carbocycles. The number of benzene rings is 7. The molecule has 2 heterocycles. The van der Waals surface area contributed by atoms with Crippen molar-refractivity contribution in [2.45, 2.75) is 0 Å². The molecule has 0 saturated carbocycles. The zero-order valence-corrected chi connectivity index (χ0v) is 27.0. The maximum Gasteiger partial charge on any atom is 0.164 e. The topological polar surface area (TPSA) is 51.6 Å². The van der Waals surface area contributed by atoms with Crippen LogP contribution >= 0.6 is 0 Å². The number of hydrogen-bond donors (Lipinski definition) is 0. The van der Waals surface area contributed by atoms with Crippen molar-refractivity contribution in [3.63, 3.8) is 0 Å². The first-order chi connectivity index (χ1) is 24.8. The number of aromatic nitrogens is 4. The van der Waals surface area contributed by atoms with Crippen LogP contribution in [-0.4, -0.2) is 19.9 Å². The Hall–Kier alpha value is -6.78. The van der Waals surface area contributed by atoms with E-state index in [1.54, 1.807) is 0 Å². The Kier molecular flexibility index (Phi) is 6.46. The molecule has 1 aliphatic rings. The van der Waals surface area contributed by atoms with E-state index in [4.69, 9.17) is 15.0 Å². The lowest BCUT2D eigenvalue weighted by atomic mass is 9.86. The molecule has 232 valence electrons. The van der Waals surface area contributed by atoms with Crippen LogP contribution in [0.3, 0.4) is 0 Å². The number of hydrogen-bond acceptors (Lipinski definition) is 4. The first kappa shape index (κ1) is 28.3. The van der Waals surface area contributed by atoms with E-state index < -0.39 is 0 Å². The summed E-state index contributed by atoms with van der Waals surface area (Å²) in [5.74, 6) is 1.89. The monoisotopic (exact) mass is 636 g/mol. The Morgan fingerprint density at radius 2 is 0.920 bits per heavy atom. The van der Waals surface area contributed by atoms with Gasteiger partial charge in [0.25, 0.3) is 0 Å². The van der Waals surface area contributed by atoms with Gasteiger partial charge in [-0.25, -0.2) is 15.0 Å². The fourth-order valence-electron chi connectivity index (χ4n) is 7.45. The predicted octanol–water partition coefficient (Wildman–Crippen LogP) is 11.6. The third-order valence-electron chi connectivity index (χ3n) is 9.69. The third-order valence-corrected chi connectivity index (χ3v) is 9.69. The number of rotatable bonds is 5. The summed E-state index contributed by atoms with van der Waals surface area (Å²) in [7, 11) is 0. The molecule has 4 nitrogen and oxygen atoms in total. The molecule has 10 rings (SSSR count). The molecule has 0 unspecified atom stereocenters. The molecule has 0 spiro atoms. The highest BCUT2D eigenvalue weighted by Gasteiger charge is 2.27. The molecule has 0 bridgehead atoms. The molecule has 0 radical (unpaired) electrons. The Labute approximate surface area is 289 Å². The average molecular weight is 637 g/mol. The van der Waals surface area contributed by atoms with Crippen LogP contribution in [0.25, 0.3) is 100 Å². The molecule has 0 aliphatic heterocycles. The standard InChI is InChI=1S/C46H28N4/c1-3-12-30(13-4-1)44-48-45(31-14-5-2-6-15-31)50-46(49-44)36-25-34(33-19-11-23-47-28-33)24-35(26-36)42-37-20-8-7-16-32(37)27-40-38-21-9-17-29-18-10-22-39(41(29)38)43(40)42/h1-28H. The second kappa shape index (κ2) is 11.4. The van der Waals surface area contributed by atoms with Crippen molar-refractivity contribution in [3.8, 4) is 78.7 Å². The van der Waals surface area contributed by atoms with Crippen LogP contribution in [-0.2, 0) is 0 Å². The van der Waals surface area contributed by atoms with Gasteiger partial charge in [0.15, 0.2) is 17.5 Å². The Balaban J connectivity index is 1.29. The van der Waals surface area contributed by atoms with E-state index in [2.05, 4.69) is 96.0 Å². The van der Waals surface area contributed by atoms with Crippen LogP contribution < -0.4 is 0 Å². The fraction of sp³-hybridized carbons (Fsp3) is 0. The van der Waals surface area contributed by atoms with Crippen LogP contribution in [0, 0.1) is 0 Å². The zero-order chi connectivity index (χ0) is 33.0. The Morgan fingerprint density at radius 3 is 1.62 bits per heavy atom. The molecule has 4 heteroatoms. The number of pyridine rings is 1. The molecule has 0 atom stereocenters. The largest absolute Gasteiger partial charge is 0.264 e. The van der Waals surface area contributed by atoms with Crippen molar-refractivity contribution < 1.29 is 0 Å². The van der Waals surface area contributed by atoms with Crippen molar-refractivity contribution in [3.05, 3.63) is 170 Å². The molecule has 0 fully saturated rings. The minimum absolute atomic E-state index is 0.618. The van der Waals surface area contributed by atoms with Crippen molar-refractivity contribution >= 4 is 21.5 Å². The summed E-state index contributed by atoms with van der Waals surface area (Å²) >= 11 is 0. The highest BCUT2D eigenvalue weighted by molar-refractivity contribution is 6.22. The van der Waals surface area contributed by atoms with Gasteiger partial charge in [-0.3, -0.25) is 4.98 Å². The molecule has 50 heavy (non-hydrogen) atoms. The van der Waals surface area contributed by atoms with Gasteiger partial charge in [0.1, 0.15) is 0 Å². The average Bonchev–Trinajstić information content (AvgIpc) is 3.52. The second-order valence-corrected chi connectivity index (χ2v) is 12.7. The Morgan fingerprint density at radius 1 is 0.340 bits per heavy atom. The SMILES string of the molecule is c1ccc(-c2nc(-c3ccccc3)nc(-c3cc(-c4cccnc4)cc(-c4c5c(cc6ccccc46)-c4cccc6cccc-5c46)c3)n2)cc1. The summed E-state index contributed by atoms with van der Waals surface area (Å²) < 4.78 is 0. The first-order valence-corrected chi connectivity index (χ1v) is 16.8. The second-order valence-electron chi connectivity index (χ2n) is 12.7. The van der Waals surface area contributed by atoms with Gasteiger partial charge in [0.05, 0.1) is 0 Å². The van der Waals surface area contributed by atoms with E-state index in [-0.39, 0.29) is 0 Å². The number of fused-ring (bicyclic) bond motifs is 4. The lowest BCUT2D eigenvalue weighted by Gasteiger charge is -2.17. The van der Waals surface area contributed by atoms with Gasteiger partial charge in [-0.05, 0) is 90.8 Å². The lowest BCUT2D eigenvalue weighted by Crippen LogP contribution is -2.00. The molecule has 0 N–H and O–H groups in total. The Bertz CT molecular complexity index is 2680. The minimum atomic E-state index is 0.618. The minimum Gasteiger partial charge on any atom is -0.264 e. The van der Waals surface area contributed by atoms with Crippen molar-refractivity contribution in [1.82, 2.24) is 19.9 Å². The van der Waals surface area contributed by atoms with Gasteiger partial charge in [0, 0.05) is 34.6 Å². The maximum atomic E-state index is 5.13. The highest BCUT2D eigenvalue weighted by atomic mass is 15.0. The van der Waals surface area contributed by atoms with Gasteiger partial charge in [-0.15, -0.1) is 0 Å². The van der Waals surface area contributed by atoms with Gasteiger partial charge in [-0.2, -0.15) is 0 Å². The van der Waals surface area contributed by atoms with Crippen LogP contribution in [0.1, 0.15) is 0 Å². The zero-order valence-electron chi connectivity index (χ0n) is 27.0. The molecule has 9 aromatic rings. The quantitative estimate of drug-likeness (QED) is 0.189. The van der Waals surface area contributed by atoms with Crippen LogP contribution in [0.5, 0.6) is 0 Å².